The zero-order valence-corrected chi connectivity index (χ0v) is 7.81. The van der Waals surface area contributed by atoms with Crippen molar-refractivity contribution in [3.05, 3.63) is 34.6 Å². The molecule has 0 bridgehead atoms. The van der Waals surface area contributed by atoms with Gasteiger partial charge in [0, 0.05) is 5.02 Å². The van der Waals surface area contributed by atoms with Crippen LogP contribution in [0.4, 0.5) is 4.39 Å². The molecule has 0 aliphatic carbocycles. The summed E-state index contributed by atoms with van der Waals surface area (Å²) in [5.74, 6) is -0.708. The third-order valence-electron chi connectivity index (χ3n) is 1.68. The molecule has 2 nitrogen and oxygen atoms in total. The van der Waals surface area contributed by atoms with E-state index in [1.807, 2.05) is 0 Å². The van der Waals surface area contributed by atoms with Gasteiger partial charge in [0.05, 0.1) is 6.04 Å². The van der Waals surface area contributed by atoms with Gasteiger partial charge in [-0.2, -0.15) is 0 Å². The van der Waals surface area contributed by atoms with Gasteiger partial charge >= 0.3 is 0 Å². The van der Waals surface area contributed by atoms with E-state index in [4.69, 9.17) is 17.3 Å². The van der Waals surface area contributed by atoms with Crippen molar-refractivity contribution in [1.29, 1.82) is 0 Å². The van der Waals surface area contributed by atoms with E-state index in [1.165, 1.54) is 19.1 Å². The van der Waals surface area contributed by atoms with Crippen LogP contribution in [0.2, 0.25) is 5.02 Å². The van der Waals surface area contributed by atoms with E-state index in [9.17, 15) is 9.18 Å². The van der Waals surface area contributed by atoms with Gasteiger partial charge in [-0.1, -0.05) is 11.6 Å². The number of Topliss-reactive ketones (excluding diaryl/α,β-unsaturated/α-hetero) is 1. The summed E-state index contributed by atoms with van der Waals surface area (Å²) in [5.41, 5.74) is 5.90. The highest BCUT2D eigenvalue weighted by atomic mass is 35.5. The molecule has 0 radical (unpaired) electrons. The molecule has 1 aromatic rings. The van der Waals surface area contributed by atoms with Crippen molar-refractivity contribution in [2.24, 2.45) is 5.73 Å². The first-order valence-electron chi connectivity index (χ1n) is 3.72. The monoisotopic (exact) mass is 201 g/mol. The Bertz CT molecular complexity index is 320. The van der Waals surface area contributed by atoms with Crippen LogP contribution in [0.3, 0.4) is 0 Å². The SMILES string of the molecule is CC(=O)C(N)c1cc(F)cc(Cl)c1. The van der Waals surface area contributed by atoms with Gasteiger partial charge < -0.3 is 5.73 Å². The number of benzene rings is 1. The molecular weight excluding hydrogens is 193 g/mol. The molecule has 2 N–H and O–H groups in total. The Labute approximate surface area is 80.5 Å². The lowest BCUT2D eigenvalue weighted by molar-refractivity contribution is -0.118. The lowest BCUT2D eigenvalue weighted by Gasteiger charge is -2.08. The van der Waals surface area contributed by atoms with Crippen LogP contribution in [0.15, 0.2) is 18.2 Å². The summed E-state index contributed by atoms with van der Waals surface area (Å²) in [5, 5.41) is 0.242. The minimum Gasteiger partial charge on any atom is -0.318 e. The van der Waals surface area contributed by atoms with Gasteiger partial charge in [0.15, 0.2) is 5.78 Å². The predicted octanol–water partition coefficient (Wildman–Crippen LogP) is 2.07. The molecule has 0 aliphatic rings. The summed E-state index contributed by atoms with van der Waals surface area (Å²) < 4.78 is 12.8. The zero-order valence-electron chi connectivity index (χ0n) is 7.05. The molecule has 0 saturated heterocycles. The zero-order chi connectivity index (χ0) is 10.0. The summed E-state index contributed by atoms with van der Waals surface area (Å²) in [6, 6.07) is 3.06. The van der Waals surface area contributed by atoms with Crippen molar-refractivity contribution in [3.63, 3.8) is 0 Å². The molecule has 0 saturated carbocycles. The molecule has 0 aromatic heterocycles. The van der Waals surface area contributed by atoms with Crippen molar-refractivity contribution < 1.29 is 9.18 Å². The van der Waals surface area contributed by atoms with Gasteiger partial charge in [-0.15, -0.1) is 0 Å². The maximum atomic E-state index is 12.8. The maximum Gasteiger partial charge on any atom is 0.150 e. The first-order valence-corrected chi connectivity index (χ1v) is 4.10. The van der Waals surface area contributed by atoms with Gasteiger partial charge in [-0.05, 0) is 30.7 Å². The predicted molar refractivity (Wildman–Crippen MR) is 49.0 cm³/mol. The number of nitrogens with two attached hydrogens (primary N) is 1. The standard InChI is InChI=1S/C9H9ClFNO/c1-5(13)9(12)6-2-7(10)4-8(11)3-6/h2-4,9H,12H2,1H3. The van der Waals surface area contributed by atoms with Crippen molar-refractivity contribution in [2.45, 2.75) is 13.0 Å². The second-order valence-corrected chi connectivity index (χ2v) is 3.23. The van der Waals surface area contributed by atoms with Gasteiger partial charge in [0.25, 0.3) is 0 Å². The molecule has 0 amide bonds. The highest BCUT2D eigenvalue weighted by molar-refractivity contribution is 6.30. The van der Waals surface area contributed by atoms with Crippen LogP contribution in [-0.4, -0.2) is 5.78 Å². The fraction of sp³-hybridized carbons (Fsp3) is 0.222. The van der Waals surface area contributed by atoms with Crippen LogP contribution in [0.25, 0.3) is 0 Å². The molecule has 0 spiro atoms. The number of carbonyl (C=O) groups excluding carboxylic acids is 1. The molecule has 0 heterocycles. The summed E-state index contributed by atoms with van der Waals surface area (Å²) >= 11 is 5.59. The highest BCUT2D eigenvalue weighted by Gasteiger charge is 2.12. The Balaban J connectivity index is 3.07. The highest BCUT2D eigenvalue weighted by Crippen LogP contribution is 2.18. The Morgan fingerprint density at radius 1 is 1.54 bits per heavy atom. The van der Waals surface area contributed by atoms with Crippen LogP contribution in [0, 0.1) is 5.82 Å². The average molecular weight is 202 g/mol. The quantitative estimate of drug-likeness (QED) is 0.796. The number of hydrogen-bond acceptors (Lipinski definition) is 2. The minimum atomic E-state index is -0.798. The molecule has 70 valence electrons. The fourth-order valence-corrected chi connectivity index (χ4v) is 1.22. The van der Waals surface area contributed by atoms with E-state index in [1.54, 1.807) is 0 Å². The van der Waals surface area contributed by atoms with Crippen LogP contribution < -0.4 is 5.73 Å². The number of ketones is 1. The lowest BCUT2D eigenvalue weighted by atomic mass is 10.0. The van der Waals surface area contributed by atoms with Gasteiger partial charge in [-0.3, -0.25) is 4.79 Å². The number of halogens is 2. The molecule has 0 fully saturated rings. The topological polar surface area (TPSA) is 43.1 Å². The summed E-state index contributed by atoms with van der Waals surface area (Å²) in [7, 11) is 0. The van der Waals surface area contributed by atoms with Gasteiger partial charge in [0.1, 0.15) is 5.82 Å². The summed E-state index contributed by atoms with van der Waals surface area (Å²) in [6.07, 6.45) is 0. The number of rotatable bonds is 2. The third kappa shape index (κ3) is 2.50. The van der Waals surface area contributed by atoms with Crippen LogP contribution in [0.1, 0.15) is 18.5 Å². The molecule has 13 heavy (non-hydrogen) atoms. The van der Waals surface area contributed by atoms with Crippen molar-refractivity contribution >= 4 is 17.4 Å². The summed E-state index contributed by atoms with van der Waals surface area (Å²) in [6.45, 7) is 1.35. The maximum absolute atomic E-state index is 12.8. The van der Waals surface area contributed by atoms with E-state index in [0.717, 1.165) is 6.07 Å². The van der Waals surface area contributed by atoms with Crippen LogP contribution in [-0.2, 0) is 4.79 Å². The minimum absolute atomic E-state index is 0.221. The molecule has 1 aromatic carbocycles. The van der Waals surface area contributed by atoms with Crippen LogP contribution in [0.5, 0.6) is 0 Å². The number of hydrogen-bond donors (Lipinski definition) is 1. The van der Waals surface area contributed by atoms with Crippen molar-refractivity contribution in [3.8, 4) is 0 Å². The van der Waals surface area contributed by atoms with E-state index in [0.29, 0.717) is 5.56 Å². The second-order valence-electron chi connectivity index (χ2n) is 2.79. The molecule has 4 heteroatoms. The molecular formula is C9H9ClFNO. The Hall–Kier alpha value is -0.930. The normalized spacial score (nSPS) is 12.6. The Kier molecular flexibility index (Phi) is 3.01. The van der Waals surface area contributed by atoms with E-state index in [-0.39, 0.29) is 10.8 Å². The van der Waals surface area contributed by atoms with Crippen molar-refractivity contribution in [1.82, 2.24) is 0 Å². The first kappa shape index (κ1) is 10.2. The first-order chi connectivity index (χ1) is 6.00. The fourth-order valence-electron chi connectivity index (χ4n) is 0.989. The lowest BCUT2D eigenvalue weighted by Crippen LogP contribution is -2.18. The van der Waals surface area contributed by atoms with Crippen LogP contribution >= 0.6 is 11.6 Å². The largest absolute Gasteiger partial charge is 0.318 e. The molecule has 0 aliphatic heterocycles. The number of carbonyl (C=O) groups is 1. The van der Waals surface area contributed by atoms with Gasteiger partial charge in [-0.25, -0.2) is 4.39 Å². The smallest absolute Gasteiger partial charge is 0.150 e. The molecule has 1 rings (SSSR count). The average Bonchev–Trinajstić information content (AvgIpc) is 2.01. The van der Waals surface area contributed by atoms with Gasteiger partial charge in [0.2, 0.25) is 0 Å². The second kappa shape index (κ2) is 3.85. The Morgan fingerprint density at radius 3 is 2.62 bits per heavy atom. The Morgan fingerprint density at radius 2 is 2.15 bits per heavy atom. The van der Waals surface area contributed by atoms with E-state index in [2.05, 4.69) is 0 Å². The third-order valence-corrected chi connectivity index (χ3v) is 1.90. The molecule has 1 atom stereocenters. The van der Waals surface area contributed by atoms with E-state index < -0.39 is 11.9 Å². The van der Waals surface area contributed by atoms with Crippen molar-refractivity contribution in [2.75, 3.05) is 0 Å². The summed E-state index contributed by atoms with van der Waals surface area (Å²) in [4.78, 5) is 10.9. The molecule has 1 unspecified atom stereocenters. The van der Waals surface area contributed by atoms with E-state index >= 15 is 0 Å².